The van der Waals surface area contributed by atoms with E-state index >= 15 is 0 Å². The lowest BCUT2D eigenvalue weighted by atomic mass is 10.0. The summed E-state index contributed by atoms with van der Waals surface area (Å²) in [7, 11) is 0. The van der Waals surface area contributed by atoms with E-state index < -0.39 is 12.1 Å². The number of ether oxygens (including phenoxy) is 1. The first kappa shape index (κ1) is 19.4. The lowest BCUT2D eigenvalue weighted by Gasteiger charge is -2.17. The number of rotatable bonds is 9. The molecule has 0 saturated heterocycles. The van der Waals surface area contributed by atoms with E-state index in [2.05, 4.69) is 25.2 Å². The van der Waals surface area contributed by atoms with E-state index in [1.54, 1.807) is 6.92 Å². The molecule has 0 radical (unpaired) electrons. The van der Waals surface area contributed by atoms with Gasteiger partial charge < -0.3 is 15.2 Å². The molecule has 0 bridgehead atoms. The molecular weight excluding hydrogens is 314 g/mol. The van der Waals surface area contributed by atoms with E-state index in [9.17, 15) is 9.59 Å². The first-order valence-electron chi connectivity index (χ1n) is 7.65. The SMILES string of the molecule is Cc1ccc(C(C)C)cc1OC(C)C(=O)NCCSCC(=O)O. The monoisotopic (exact) mass is 339 g/mol. The van der Waals surface area contributed by atoms with Crippen LogP contribution in [0.2, 0.25) is 0 Å². The smallest absolute Gasteiger partial charge is 0.313 e. The summed E-state index contributed by atoms with van der Waals surface area (Å²) in [5.41, 5.74) is 2.16. The van der Waals surface area contributed by atoms with E-state index in [0.29, 0.717) is 18.2 Å². The van der Waals surface area contributed by atoms with Gasteiger partial charge >= 0.3 is 5.97 Å². The van der Waals surface area contributed by atoms with Crippen molar-refractivity contribution >= 4 is 23.6 Å². The Bertz CT molecular complexity index is 545. The normalized spacial score (nSPS) is 12.0. The van der Waals surface area contributed by atoms with Crippen molar-refractivity contribution in [2.45, 2.75) is 39.7 Å². The molecule has 1 aromatic rings. The Morgan fingerprint density at radius 2 is 2.00 bits per heavy atom. The molecule has 0 aromatic heterocycles. The van der Waals surface area contributed by atoms with Crippen LogP contribution in [0.5, 0.6) is 5.75 Å². The maximum absolute atomic E-state index is 12.0. The molecule has 0 saturated carbocycles. The predicted octanol–water partition coefficient (Wildman–Crippen LogP) is 2.82. The van der Waals surface area contributed by atoms with E-state index in [0.717, 1.165) is 11.3 Å². The Hall–Kier alpha value is -1.69. The quantitative estimate of drug-likeness (QED) is 0.677. The molecule has 23 heavy (non-hydrogen) atoms. The predicted molar refractivity (Wildman–Crippen MR) is 93.3 cm³/mol. The Balaban J connectivity index is 2.48. The van der Waals surface area contributed by atoms with Gasteiger partial charge in [0, 0.05) is 12.3 Å². The third-order valence-electron chi connectivity index (χ3n) is 3.32. The topological polar surface area (TPSA) is 75.6 Å². The minimum Gasteiger partial charge on any atom is -0.481 e. The minimum atomic E-state index is -0.849. The summed E-state index contributed by atoms with van der Waals surface area (Å²) in [6.07, 6.45) is -0.597. The highest BCUT2D eigenvalue weighted by Crippen LogP contribution is 2.25. The van der Waals surface area contributed by atoms with E-state index in [1.165, 1.54) is 17.3 Å². The van der Waals surface area contributed by atoms with Crippen LogP contribution in [0.25, 0.3) is 0 Å². The first-order valence-corrected chi connectivity index (χ1v) is 8.81. The largest absolute Gasteiger partial charge is 0.481 e. The Morgan fingerprint density at radius 1 is 1.30 bits per heavy atom. The Morgan fingerprint density at radius 3 is 2.61 bits per heavy atom. The number of hydrogen-bond acceptors (Lipinski definition) is 4. The van der Waals surface area contributed by atoms with Crippen molar-refractivity contribution in [1.82, 2.24) is 5.32 Å². The second kappa shape index (κ2) is 9.45. The summed E-state index contributed by atoms with van der Waals surface area (Å²) in [6.45, 7) is 8.31. The van der Waals surface area contributed by atoms with Gasteiger partial charge in [-0.15, -0.1) is 11.8 Å². The summed E-state index contributed by atoms with van der Waals surface area (Å²) < 4.78 is 5.78. The molecule has 5 nitrogen and oxygen atoms in total. The summed E-state index contributed by atoms with van der Waals surface area (Å²) in [6, 6.07) is 6.04. The molecular formula is C17H25NO4S. The van der Waals surface area contributed by atoms with Gasteiger partial charge in [0.15, 0.2) is 6.10 Å². The van der Waals surface area contributed by atoms with Crippen molar-refractivity contribution in [2.75, 3.05) is 18.1 Å². The summed E-state index contributed by atoms with van der Waals surface area (Å²) in [5.74, 6) is 0.677. The van der Waals surface area contributed by atoms with E-state index in [1.807, 2.05) is 19.1 Å². The number of amides is 1. The van der Waals surface area contributed by atoms with Crippen molar-refractivity contribution < 1.29 is 19.4 Å². The fourth-order valence-electron chi connectivity index (χ4n) is 1.90. The third kappa shape index (κ3) is 6.95. The zero-order chi connectivity index (χ0) is 17.4. The number of aryl methyl sites for hydroxylation is 1. The average Bonchev–Trinajstić information content (AvgIpc) is 2.48. The highest BCUT2D eigenvalue weighted by Gasteiger charge is 2.16. The second-order valence-corrected chi connectivity index (χ2v) is 6.78. The van der Waals surface area contributed by atoms with Crippen LogP contribution in [-0.4, -0.2) is 41.1 Å². The molecule has 6 heteroatoms. The second-order valence-electron chi connectivity index (χ2n) is 5.68. The fourth-order valence-corrected chi connectivity index (χ4v) is 2.46. The number of nitrogens with one attached hydrogen (secondary N) is 1. The van der Waals surface area contributed by atoms with Crippen molar-refractivity contribution in [3.63, 3.8) is 0 Å². The molecule has 2 N–H and O–H groups in total. The molecule has 0 aliphatic carbocycles. The molecule has 0 aliphatic rings. The Kier molecular flexibility index (Phi) is 7.95. The molecule has 1 atom stereocenters. The number of aliphatic carboxylic acids is 1. The first-order chi connectivity index (χ1) is 10.8. The van der Waals surface area contributed by atoms with Crippen molar-refractivity contribution in [2.24, 2.45) is 0 Å². The zero-order valence-electron chi connectivity index (χ0n) is 14.1. The lowest BCUT2D eigenvalue weighted by Crippen LogP contribution is -2.37. The zero-order valence-corrected chi connectivity index (χ0v) is 14.9. The highest BCUT2D eigenvalue weighted by atomic mass is 32.2. The van der Waals surface area contributed by atoms with Gasteiger partial charge in [-0.25, -0.2) is 0 Å². The highest BCUT2D eigenvalue weighted by molar-refractivity contribution is 7.99. The van der Waals surface area contributed by atoms with Crippen molar-refractivity contribution in [1.29, 1.82) is 0 Å². The van der Waals surface area contributed by atoms with Gasteiger partial charge in [-0.2, -0.15) is 0 Å². The molecule has 0 heterocycles. The molecule has 1 aromatic carbocycles. The van der Waals surface area contributed by atoms with Gasteiger partial charge in [0.1, 0.15) is 5.75 Å². The number of carbonyl (C=O) groups is 2. The molecule has 1 rings (SSSR count). The molecule has 128 valence electrons. The van der Waals surface area contributed by atoms with Crippen LogP contribution in [0.15, 0.2) is 18.2 Å². The molecule has 1 amide bonds. The van der Waals surface area contributed by atoms with Crippen LogP contribution in [0.3, 0.4) is 0 Å². The number of carbonyl (C=O) groups excluding carboxylic acids is 1. The van der Waals surface area contributed by atoms with Gasteiger partial charge in [-0.05, 0) is 37.0 Å². The van der Waals surface area contributed by atoms with Gasteiger partial charge in [0.05, 0.1) is 5.75 Å². The molecule has 1 unspecified atom stereocenters. The van der Waals surface area contributed by atoms with Gasteiger partial charge in [-0.3, -0.25) is 9.59 Å². The summed E-state index contributed by atoms with van der Waals surface area (Å²) in [5, 5.41) is 11.3. The van der Waals surface area contributed by atoms with Crippen molar-refractivity contribution in [3.8, 4) is 5.75 Å². The van der Waals surface area contributed by atoms with Crippen LogP contribution in [0.4, 0.5) is 0 Å². The average molecular weight is 339 g/mol. The number of thioether (sulfide) groups is 1. The number of carboxylic acid groups (broad SMARTS) is 1. The van der Waals surface area contributed by atoms with E-state index in [-0.39, 0.29) is 11.7 Å². The number of carboxylic acids is 1. The fraction of sp³-hybridized carbons (Fsp3) is 0.529. The van der Waals surface area contributed by atoms with Crippen LogP contribution >= 0.6 is 11.8 Å². The maximum atomic E-state index is 12.0. The van der Waals surface area contributed by atoms with Crippen LogP contribution < -0.4 is 10.1 Å². The summed E-state index contributed by atoms with van der Waals surface area (Å²) in [4.78, 5) is 22.4. The van der Waals surface area contributed by atoms with Crippen LogP contribution in [0, 0.1) is 6.92 Å². The van der Waals surface area contributed by atoms with Crippen LogP contribution in [0.1, 0.15) is 37.8 Å². The molecule has 0 fully saturated rings. The lowest BCUT2D eigenvalue weighted by molar-refractivity contribution is -0.134. The number of hydrogen-bond donors (Lipinski definition) is 2. The van der Waals surface area contributed by atoms with Gasteiger partial charge in [0.2, 0.25) is 0 Å². The number of benzene rings is 1. The summed E-state index contributed by atoms with van der Waals surface area (Å²) >= 11 is 1.27. The van der Waals surface area contributed by atoms with E-state index in [4.69, 9.17) is 9.84 Å². The third-order valence-corrected chi connectivity index (χ3v) is 4.27. The van der Waals surface area contributed by atoms with Crippen molar-refractivity contribution in [3.05, 3.63) is 29.3 Å². The molecule has 0 spiro atoms. The van der Waals surface area contributed by atoms with Gasteiger partial charge in [-0.1, -0.05) is 26.0 Å². The minimum absolute atomic E-state index is 0.0448. The van der Waals surface area contributed by atoms with Gasteiger partial charge in [0.25, 0.3) is 5.91 Å². The standard InChI is InChI=1S/C17H25NO4S/c1-11(2)14-6-5-12(3)15(9-14)22-13(4)17(21)18-7-8-23-10-16(19)20/h5-6,9,11,13H,7-8,10H2,1-4H3,(H,18,21)(H,19,20). The van der Waals surface area contributed by atoms with Crippen LogP contribution in [-0.2, 0) is 9.59 Å². The Labute approximate surface area is 141 Å². The molecule has 0 aliphatic heterocycles. The maximum Gasteiger partial charge on any atom is 0.313 e.